The van der Waals surface area contributed by atoms with Crippen LogP contribution in [0.3, 0.4) is 0 Å². The molecule has 1 aliphatic heterocycles. The Kier molecular flexibility index (Phi) is 6.44. The first kappa shape index (κ1) is 19.3. The lowest BCUT2D eigenvalue weighted by atomic mass is 10.2. The molecule has 2 aromatic carbocycles. The fourth-order valence-corrected chi connectivity index (χ4v) is 3.05. The number of hydrogen-bond acceptors (Lipinski definition) is 5. The highest BCUT2D eigenvalue weighted by molar-refractivity contribution is 9.10. The molecular weight excluding hydrogens is 414 g/mol. The maximum atomic E-state index is 12.3. The molecule has 27 heavy (non-hydrogen) atoms. The number of carbonyl (C=O) groups excluding carboxylic acids is 2. The van der Waals surface area contributed by atoms with Crippen LogP contribution in [-0.4, -0.2) is 54.7 Å². The first-order valence-electron chi connectivity index (χ1n) is 8.51. The van der Waals surface area contributed by atoms with E-state index in [1.807, 2.05) is 4.90 Å². The summed E-state index contributed by atoms with van der Waals surface area (Å²) in [7, 11) is 0. The summed E-state index contributed by atoms with van der Waals surface area (Å²) in [5, 5.41) is 15.4. The van der Waals surface area contributed by atoms with Crippen LogP contribution < -0.4 is 10.6 Å². The van der Waals surface area contributed by atoms with Gasteiger partial charge in [-0.1, -0.05) is 15.9 Å². The number of phenolic OH excluding ortho intramolecular Hbond substituents is 1. The number of morpholine rings is 1. The van der Waals surface area contributed by atoms with E-state index in [1.165, 1.54) is 6.07 Å². The van der Waals surface area contributed by atoms with E-state index < -0.39 is 5.91 Å². The van der Waals surface area contributed by atoms with Gasteiger partial charge in [0.2, 0.25) is 5.91 Å². The molecule has 0 radical (unpaired) electrons. The summed E-state index contributed by atoms with van der Waals surface area (Å²) in [6, 6.07) is 11.5. The van der Waals surface area contributed by atoms with Crippen LogP contribution in [0.15, 0.2) is 46.9 Å². The summed E-state index contributed by atoms with van der Waals surface area (Å²) >= 11 is 3.28. The Hall–Kier alpha value is -2.42. The molecule has 0 unspecified atom stereocenters. The Morgan fingerprint density at radius 2 is 1.67 bits per heavy atom. The predicted molar refractivity (Wildman–Crippen MR) is 106 cm³/mol. The predicted octanol–water partition coefficient (Wildman–Crippen LogP) is 2.68. The second-order valence-electron chi connectivity index (χ2n) is 6.13. The van der Waals surface area contributed by atoms with E-state index in [9.17, 15) is 14.7 Å². The minimum Gasteiger partial charge on any atom is -0.507 e. The van der Waals surface area contributed by atoms with Crippen molar-refractivity contribution < 1.29 is 19.4 Å². The lowest BCUT2D eigenvalue weighted by Gasteiger charge is -2.25. The van der Waals surface area contributed by atoms with Crippen molar-refractivity contribution in [2.24, 2.45) is 0 Å². The largest absolute Gasteiger partial charge is 0.507 e. The highest BCUT2D eigenvalue weighted by Crippen LogP contribution is 2.23. The number of phenols is 1. The van der Waals surface area contributed by atoms with Crippen molar-refractivity contribution >= 4 is 39.1 Å². The number of rotatable bonds is 5. The minimum absolute atomic E-state index is 0.0901. The van der Waals surface area contributed by atoms with Crippen molar-refractivity contribution in [1.82, 2.24) is 4.90 Å². The molecule has 1 aliphatic rings. The fraction of sp³-hybridized carbons (Fsp3) is 0.263. The van der Waals surface area contributed by atoms with Crippen LogP contribution in [0.1, 0.15) is 10.4 Å². The van der Waals surface area contributed by atoms with Crippen LogP contribution >= 0.6 is 15.9 Å². The maximum absolute atomic E-state index is 12.3. The van der Waals surface area contributed by atoms with E-state index in [0.717, 1.165) is 13.1 Å². The van der Waals surface area contributed by atoms with Gasteiger partial charge < -0.3 is 20.5 Å². The molecule has 7 nitrogen and oxygen atoms in total. The molecular formula is C19H20BrN3O4. The molecule has 0 spiro atoms. The number of ether oxygens (including phenoxy) is 1. The molecule has 1 fully saturated rings. The summed E-state index contributed by atoms with van der Waals surface area (Å²) in [6.45, 7) is 3.12. The fourth-order valence-electron chi connectivity index (χ4n) is 2.69. The van der Waals surface area contributed by atoms with Crippen molar-refractivity contribution in [2.45, 2.75) is 0 Å². The van der Waals surface area contributed by atoms with Crippen LogP contribution in [-0.2, 0) is 9.53 Å². The van der Waals surface area contributed by atoms with Crippen molar-refractivity contribution in [3.63, 3.8) is 0 Å². The molecule has 3 rings (SSSR count). The van der Waals surface area contributed by atoms with Crippen molar-refractivity contribution in [3.05, 3.63) is 52.5 Å². The first-order chi connectivity index (χ1) is 13.0. The zero-order valence-electron chi connectivity index (χ0n) is 14.6. The molecule has 2 aromatic rings. The smallest absolute Gasteiger partial charge is 0.259 e. The van der Waals surface area contributed by atoms with E-state index >= 15 is 0 Å². The third-order valence-corrected chi connectivity index (χ3v) is 4.59. The van der Waals surface area contributed by atoms with Crippen LogP contribution in [0.4, 0.5) is 11.4 Å². The second-order valence-corrected chi connectivity index (χ2v) is 7.05. The molecule has 142 valence electrons. The molecule has 0 aromatic heterocycles. The van der Waals surface area contributed by atoms with E-state index in [0.29, 0.717) is 35.6 Å². The van der Waals surface area contributed by atoms with Crippen LogP contribution in [0.5, 0.6) is 5.75 Å². The van der Waals surface area contributed by atoms with E-state index in [1.54, 1.807) is 36.4 Å². The number of nitrogens with zero attached hydrogens (tertiary/aromatic N) is 1. The van der Waals surface area contributed by atoms with Gasteiger partial charge in [-0.3, -0.25) is 14.5 Å². The van der Waals surface area contributed by atoms with Gasteiger partial charge in [-0.25, -0.2) is 0 Å². The molecule has 1 heterocycles. The lowest BCUT2D eigenvalue weighted by molar-refractivity contribution is -0.118. The zero-order chi connectivity index (χ0) is 19.2. The van der Waals surface area contributed by atoms with Gasteiger partial charge in [-0.15, -0.1) is 0 Å². The molecule has 0 bridgehead atoms. The maximum Gasteiger partial charge on any atom is 0.259 e. The Morgan fingerprint density at radius 3 is 2.33 bits per heavy atom. The third-order valence-electron chi connectivity index (χ3n) is 4.10. The molecule has 0 saturated carbocycles. The number of benzene rings is 2. The van der Waals surface area contributed by atoms with Crippen molar-refractivity contribution in [1.29, 1.82) is 0 Å². The number of hydrogen-bond donors (Lipinski definition) is 3. The average Bonchev–Trinajstić information content (AvgIpc) is 2.66. The van der Waals surface area contributed by atoms with Gasteiger partial charge in [0.1, 0.15) is 5.75 Å². The quantitative estimate of drug-likeness (QED) is 0.674. The zero-order valence-corrected chi connectivity index (χ0v) is 16.2. The van der Waals surface area contributed by atoms with Crippen molar-refractivity contribution in [3.8, 4) is 5.75 Å². The Bertz CT molecular complexity index is 820. The van der Waals surface area contributed by atoms with Gasteiger partial charge in [-0.05, 0) is 42.5 Å². The summed E-state index contributed by atoms with van der Waals surface area (Å²) in [6.07, 6.45) is 0. The highest BCUT2D eigenvalue weighted by Gasteiger charge is 2.15. The first-order valence-corrected chi connectivity index (χ1v) is 9.30. The lowest BCUT2D eigenvalue weighted by Crippen LogP contribution is -2.41. The summed E-state index contributed by atoms with van der Waals surface area (Å²) in [5.41, 5.74) is 1.38. The standard InChI is InChI=1S/C19H20BrN3O4/c20-13-1-6-17(24)16(11-13)19(26)22-15-4-2-14(3-5-15)21-18(25)12-23-7-9-27-10-8-23/h1-6,11,24H,7-10,12H2,(H,21,25)(H,22,26). The van der Waals surface area contributed by atoms with Gasteiger partial charge in [0.05, 0.1) is 25.3 Å². The number of amides is 2. The van der Waals surface area contributed by atoms with Gasteiger partial charge in [0.15, 0.2) is 0 Å². The van der Waals surface area contributed by atoms with Crippen LogP contribution in [0.2, 0.25) is 0 Å². The second kappa shape index (κ2) is 8.98. The van der Waals surface area contributed by atoms with E-state index in [2.05, 4.69) is 26.6 Å². The summed E-state index contributed by atoms with van der Waals surface area (Å²) < 4.78 is 5.96. The number of anilines is 2. The van der Waals surface area contributed by atoms with Gasteiger partial charge >= 0.3 is 0 Å². The van der Waals surface area contributed by atoms with Gasteiger partial charge in [0.25, 0.3) is 5.91 Å². The summed E-state index contributed by atoms with van der Waals surface area (Å²) in [4.78, 5) is 26.4. The minimum atomic E-state index is -0.419. The van der Waals surface area contributed by atoms with E-state index in [4.69, 9.17) is 4.74 Å². The number of carbonyl (C=O) groups is 2. The highest BCUT2D eigenvalue weighted by atomic mass is 79.9. The van der Waals surface area contributed by atoms with Crippen LogP contribution in [0.25, 0.3) is 0 Å². The van der Waals surface area contributed by atoms with Crippen LogP contribution in [0, 0.1) is 0 Å². The summed E-state index contributed by atoms with van der Waals surface area (Å²) in [5.74, 6) is -0.603. The monoisotopic (exact) mass is 433 g/mol. The van der Waals surface area contributed by atoms with Crippen molar-refractivity contribution in [2.75, 3.05) is 43.5 Å². The van der Waals surface area contributed by atoms with Gasteiger partial charge in [-0.2, -0.15) is 0 Å². The topological polar surface area (TPSA) is 90.9 Å². The molecule has 1 saturated heterocycles. The number of aromatic hydroxyl groups is 1. The third kappa shape index (κ3) is 5.53. The molecule has 2 amide bonds. The number of halogens is 1. The number of nitrogens with one attached hydrogen (secondary N) is 2. The Balaban J connectivity index is 1.56. The normalized spacial score (nSPS) is 14.6. The SMILES string of the molecule is O=C(CN1CCOCC1)Nc1ccc(NC(=O)c2cc(Br)ccc2O)cc1. The van der Waals surface area contributed by atoms with E-state index in [-0.39, 0.29) is 17.2 Å². The molecule has 0 aliphatic carbocycles. The Labute approximate surface area is 165 Å². The van der Waals surface area contributed by atoms with Gasteiger partial charge in [0, 0.05) is 28.9 Å². The average molecular weight is 434 g/mol. The Morgan fingerprint density at radius 1 is 1.04 bits per heavy atom. The molecule has 3 N–H and O–H groups in total. The molecule has 0 atom stereocenters. The molecule has 8 heteroatoms.